The van der Waals surface area contributed by atoms with E-state index in [4.69, 9.17) is 9.15 Å². The average Bonchev–Trinajstić information content (AvgIpc) is 2.94. The maximum Gasteiger partial charge on any atom is 0.260 e. The van der Waals surface area contributed by atoms with Gasteiger partial charge in [-0.25, -0.2) is 0 Å². The molecule has 5 nitrogen and oxygen atoms in total. The third-order valence-corrected chi connectivity index (χ3v) is 4.12. The molecule has 1 N–H and O–H groups in total. The Morgan fingerprint density at radius 2 is 1.92 bits per heavy atom. The summed E-state index contributed by atoms with van der Waals surface area (Å²) in [5, 5.41) is 2.20. The number of pyridine rings is 1. The highest BCUT2D eigenvalue weighted by Gasteiger charge is 2.16. The van der Waals surface area contributed by atoms with E-state index in [-0.39, 0.29) is 5.56 Å². The first-order chi connectivity index (χ1) is 11.6. The number of benzene rings is 2. The van der Waals surface area contributed by atoms with E-state index in [9.17, 15) is 4.79 Å². The predicted molar refractivity (Wildman–Crippen MR) is 95.9 cm³/mol. The van der Waals surface area contributed by atoms with Gasteiger partial charge < -0.3 is 19.0 Å². The number of aromatic amines is 1. The molecule has 0 bridgehead atoms. The first-order valence-electron chi connectivity index (χ1n) is 7.89. The van der Waals surface area contributed by atoms with Crippen LogP contribution >= 0.6 is 0 Å². The minimum Gasteiger partial charge on any atom is -0.491 e. The SMILES string of the molecule is CN(C)CCOc1cccc2[nH]c(=O)c3c4ccccc4oc3c12. The van der Waals surface area contributed by atoms with Crippen molar-refractivity contribution in [2.24, 2.45) is 0 Å². The molecule has 4 aromatic rings. The fraction of sp³-hybridized carbons (Fsp3) is 0.211. The smallest absolute Gasteiger partial charge is 0.260 e. The molecule has 0 saturated carbocycles. The van der Waals surface area contributed by atoms with Crippen molar-refractivity contribution in [2.75, 3.05) is 27.2 Å². The Kier molecular flexibility index (Phi) is 3.50. The molecule has 2 heterocycles. The quantitative estimate of drug-likeness (QED) is 0.626. The number of likely N-dealkylation sites (N-methyl/N-ethyl adjacent to an activating group) is 1. The highest BCUT2D eigenvalue weighted by molar-refractivity contribution is 6.15. The second-order valence-electron chi connectivity index (χ2n) is 6.09. The summed E-state index contributed by atoms with van der Waals surface area (Å²) in [5.41, 5.74) is 1.85. The Balaban J connectivity index is 1.99. The van der Waals surface area contributed by atoms with Crippen molar-refractivity contribution in [3.8, 4) is 5.75 Å². The second-order valence-corrected chi connectivity index (χ2v) is 6.09. The van der Waals surface area contributed by atoms with Crippen molar-refractivity contribution >= 4 is 32.8 Å². The van der Waals surface area contributed by atoms with Crippen LogP contribution in [0.4, 0.5) is 0 Å². The number of hydrogen-bond acceptors (Lipinski definition) is 4. The van der Waals surface area contributed by atoms with E-state index in [0.29, 0.717) is 28.7 Å². The summed E-state index contributed by atoms with van der Waals surface area (Å²) >= 11 is 0. The molecular formula is C19H18N2O3. The lowest BCUT2D eigenvalue weighted by Gasteiger charge is -2.12. The standard InChI is InChI=1S/C19H18N2O3/c1-21(2)10-11-23-15-9-5-7-13-17(15)18-16(19(22)20-13)12-6-3-4-8-14(12)24-18/h3-9H,10-11H2,1-2H3,(H,20,22). The van der Waals surface area contributed by atoms with Gasteiger partial charge in [0.05, 0.1) is 16.3 Å². The maximum atomic E-state index is 12.5. The number of H-pyrrole nitrogens is 1. The van der Waals surface area contributed by atoms with E-state index >= 15 is 0 Å². The van der Waals surface area contributed by atoms with Crippen molar-refractivity contribution in [3.05, 3.63) is 52.8 Å². The molecule has 0 aliphatic heterocycles. The Morgan fingerprint density at radius 1 is 1.08 bits per heavy atom. The van der Waals surface area contributed by atoms with Crippen molar-refractivity contribution in [1.82, 2.24) is 9.88 Å². The van der Waals surface area contributed by atoms with Gasteiger partial charge in [0.15, 0.2) is 5.58 Å². The number of aromatic nitrogens is 1. The lowest BCUT2D eigenvalue weighted by atomic mass is 10.1. The predicted octanol–water partition coefficient (Wildman–Crippen LogP) is 3.37. The minimum absolute atomic E-state index is 0.145. The molecule has 0 spiro atoms. The topological polar surface area (TPSA) is 58.5 Å². The van der Waals surface area contributed by atoms with Crippen molar-refractivity contribution in [3.63, 3.8) is 0 Å². The van der Waals surface area contributed by atoms with Gasteiger partial charge in [0.1, 0.15) is 17.9 Å². The average molecular weight is 322 g/mol. The fourth-order valence-electron chi connectivity index (χ4n) is 2.96. The zero-order chi connectivity index (χ0) is 16.7. The first-order valence-corrected chi connectivity index (χ1v) is 7.89. The van der Waals surface area contributed by atoms with Crippen LogP contribution in [-0.4, -0.2) is 37.1 Å². The Hall–Kier alpha value is -2.79. The third-order valence-electron chi connectivity index (χ3n) is 4.12. The third kappa shape index (κ3) is 2.34. The molecule has 0 amide bonds. The van der Waals surface area contributed by atoms with Crippen molar-refractivity contribution in [2.45, 2.75) is 0 Å². The van der Waals surface area contributed by atoms with Gasteiger partial charge in [0.2, 0.25) is 0 Å². The molecule has 4 rings (SSSR count). The van der Waals surface area contributed by atoms with Crippen molar-refractivity contribution in [1.29, 1.82) is 0 Å². The molecule has 0 aliphatic carbocycles. The van der Waals surface area contributed by atoms with E-state index < -0.39 is 0 Å². The number of rotatable bonds is 4. The van der Waals surface area contributed by atoms with Gasteiger partial charge in [-0.2, -0.15) is 0 Å². The van der Waals surface area contributed by atoms with Crippen LogP contribution in [0.15, 0.2) is 51.7 Å². The largest absolute Gasteiger partial charge is 0.491 e. The molecule has 0 radical (unpaired) electrons. The monoisotopic (exact) mass is 322 g/mol. The zero-order valence-corrected chi connectivity index (χ0v) is 13.6. The number of ether oxygens (including phenoxy) is 1. The number of nitrogens with zero attached hydrogens (tertiary/aromatic N) is 1. The highest BCUT2D eigenvalue weighted by Crippen LogP contribution is 2.35. The molecule has 0 saturated heterocycles. The van der Waals surface area contributed by atoms with E-state index in [1.54, 1.807) is 0 Å². The summed E-state index contributed by atoms with van der Waals surface area (Å²) in [5.74, 6) is 0.717. The van der Waals surface area contributed by atoms with Gasteiger partial charge in [-0.15, -0.1) is 0 Å². The van der Waals surface area contributed by atoms with Gasteiger partial charge in [-0.3, -0.25) is 4.79 Å². The molecule has 2 aromatic heterocycles. The van der Waals surface area contributed by atoms with Crippen LogP contribution < -0.4 is 10.3 Å². The number of hydrogen-bond donors (Lipinski definition) is 1. The molecule has 24 heavy (non-hydrogen) atoms. The number of fused-ring (bicyclic) bond motifs is 5. The number of furan rings is 1. The molecule has 0 unspecified atom stereocenters. The molecule has 122 valence electrons. The maximum absolute atomic E-state index is 12.5. The van der Waals surface area contributed by atoms with Crippen LogP contribution in [0.3, 0.4) is 0 Å². The minimum atomic E-state index is -0.145. The summed E-state index contributed by atoms with van der Waals surface area (Å²) in [4.78, 5) is 17.5. The first kappa shape index (κ1) is 14.8. The van der Waals surface area contributed by atoms with Gasteiger partial charge in [-0.1, -0.05) is 24.3 Å². The van der Waals surface area contributed by atoms with Gasteiger partial charge in [0, 0.05) is 11.9 Å². The molecular weight excluding hydrogens is 304 g/mol. The summed E-state index contributed by atoms with van der Waals surface area (Å²) < 4.78 is 12.0. The van der Waals surface area contributed by atoms with Crippen LogP contribution in [0.2, 0.25) is 0 Å². The summed E-state index contributed by atoms with van der Waals surface area (Å²) in [6, 6.07) is 13.2. The number of para-hydroxylation sites is 1. The Labute approximate surface area is 138 Å². The van der Waals surface area contributed by atoms with Crippen LogP contribution in [-0.2, 0) is 0 Å². The van der Waals surface area contributed by atoms with Crippen LogP contribution in [0.5, 0.6) is 5.75 Å². The molecule has 0 aliphatic rings. The fourth-order valence-corrected chi connectivity index (χ4v) is 2.96. The molecule has 5 heteroatoms. The van der Waals surface area contributed by atoms with Crippen molar-refractivity contribution < 1.29 is 9.15 Å². The molecule has 2 aromatic carbocycles. The second kappa shape index (κ2) is 5.69. The summed E-state index contributed by atoms with van der Waals surface area (Å²) in [6.07, 6.45) is 0. The lowest BCUT2D eigenvalue weighted by molar-refractivity contribution is 0.263. The number of nitrogens with one attached hydrogen (secondary N) is 1. The van der Waals surface area contributed by atoms with Gasteiger partial charge >= 0.3 is 0 Å². The van der Waals surface area contributed by atoms with E-state index in [0.717, 1.165) is 23.1 Å². The Morgan fingerprint density at radius 3 is 2.75 bits per heavy atom. The van der Waals surface area contributed by atoms with Crippen LogP contribution in [0.25, 0.3) is 32.8 Å². The van der Waals surface area contributed by atoms with Gasteiger partial charge in [-0.05, 0) is 32.3 Å². The van der Waals surface area contributed by atoms with E-state index in [2.05, 4.69) is 9.88 Å². The van der Waals surface area contributed by atoms with Crippen LogP contribution in [0, 0.1) is 0 Å². The lowest BCUT2D eigenvalue weighted by Crippen LogP contribution is -2.19. The Bertz CT molecular complexity index is 1090. The summed E-state index contributed by atoms with van der Waals surface area (Å²) in [7, 11) is 4.00. The zero-order valence-electron chi connectivity index (χ0n) is 13.6. The van der Waals surface area contributed by atoms with E-state index in [1.165, 1.54) is 0 Å². The summed E-state index contributed by atoms with van der Waals surface area (Å²) in [6.45, 7) is 1.37. The van der Waals surface area contributed by atoms with E-state index in [1.807, 2.05) is 56.6 Å². The van der Waals surface area contributed by atoms with Crippen LogP contribution in [0.1, 0.15) is 0 Å². The molecule has 0 fully saturated rings. The normalized spacial score (nSPS) is 11.8. The molecule has 0 atom stereocenters. The van der Waals surface area contributed by atoms with Gasteiger partial charge in [0.25, 0.3) is 5.56 Å². The highest BCUT2D eigenvalue weighted by atomic mass is 16.5.